The Kier molecular flexibility index (Phi) is 7.91. The van der Waals surface area contributed by atoms with E-state index in [2.05, 4.69) is 4.98 Å². The number of morpholine rings is 1. The van der Waals surface area contributed by atoms with E-state index < -0.39 is 10.0 Å². The summed E-state index contributed by atoms with van der Waals surface area (Å²) >= 11 is 0. The minimum Gasteiger partial charge on any atom is -0.379 e. The van der Waals surface area contributed by atoms with E-state index in [9.17, 15) is 18.0 Å². The van der Waals surface area contributed by atoms with Crippen LogP contribution >= 0.6 is 0 Å². The van der Waals surface area contributed by atoms with Gasteiger partial charge in [-0.15, -0.1) is 0 Å². The van der Waals surface area contributed by atoms with Crippen molar-refractivity contribution in [3.63, 3.8) is 0 Å². The van der Waals surface area contributed by atoms with Gasteiger partial charge in [0.15, 0.2) is 0 Å². The Labute approximate surface area is 200 Å². The first-order valence-electron chi connectivity index (χ1n) is 11.6. The number of hydrogen-bond donors (Lipinski definition) is 0. The molecule has 0 aliphatic carbocycles. The predicted molar refractivity (Wildman–Crippen MR) is 125 cm³/mol. The highest BCUT2D eigenvalue weighted by Crippen LogP contribution is 2.18. The molecule has 10 heteroatoms. The Hall–Kier alpha value is -2.82. The molecule has 0 spiro atoms. The lowest BCUT2D eigenvalue weighted by Crippen LogP contribution is -2.51. The number of aromatic nitrogens is 1. The van der Waals surface area contributed by atoms with E-state index in [1.165, 1.54) is 4.31 Å². The van der Waals surface area contributed by atoms with Gasteiger partial charge in [0.1, 0.15) is 0 Å². The highest BCUT2D eigenvalue weighted by molar-refractivity contribution is 7.89. The minimum absolute atomic E-state index is 0.0259. The molecular formula is C24H30N4O5S. The zero-order valence-corrected chi connectivity index (χ0v) is 20.0. The summed E-state index contributed by atoms with van der Waals surface area (Å²) in [5.41, 5.74) is 1.66. The Morgan fingerprint density at radius 2 is 1.50 bits per heavy atom. The number of carbonyl (C=O) groups is 2. The lowest BCUT2D eigenvalue weighted by molar-refractivity contribution is -0.139. The Morgan fingerprint density at radius 3 is 2.12 bits per heavy atom. The van der Waals surface area contributed by atoms with Crippen molar-refractivity contribution in [1.82, 2.24) is 19.1 Å². The third-order valence-electron chi connectivity index (χ3n) is 6.20. The summed E-state index contributed by atoms with van der Waals surface area (Å²) in [5, 5.41) is 0. The molecule has 2 fully saturated rings. The fraction of sp³-hybridized carbons (Fsp3) is 0.458. The zero-order chi connectivity index (χ0) is 24.0. The molecule has 1 aromatic carbocycles. The van der Waals surface area contributed by atoms with Crippen LogP contribution in [0, 0.1) is 0 Å². The van der Waals surface area contributed by atoms with Crippen LogP contribution in [0.3, 0.4) is 0 Å². The third-order valence-corrected chi connectivity index (χ3v) is 8.12. The van der Waals surface area contributed by atoms with E-state index in [4.69, 9.17) is 4.74 Å². The van der Waals surface area contributed by atoms with Gasteiger partial charge < -0.3 is 14.5 Å². The van der Waals surface area contributed by atoms with Crippen molar-refractivity contribution < 1.29 is 22.7 Å². The number of sulfonamides is 1. The number of hydrogen-bond acceptors (Lipinski definition) is 6. The molecule has 0 N–H and O–H groups in total. The highest BCUT2D eigenvalue weighted by Gasteiger charge is 2.27. The molecule has 0 bridgehead atoms. The van der Waals surface area contributed by atoms with Crippen molar-refractivity contribution in [3.05, 3.63) is 59.9 Å². The second-order valence-corrected chi connectivity index (χ2v) is 10.4. The Bertz CT molecular complexity index is 1080. The fourth-order valence-corrected chi connectivity index (χ4v) is 5.56. The van der Waals surface area contributed by atoms with Crippen molar-refractivity contribution >= 4 is 21.8 Å². The summed E-state index contributed by atoms with van der Waals surface area (Å²) in [4.78, 5) is 33.2. The van der Waals surface area contributed by atoms with Gasteiger partial charge >= 0.3 is 0 Å². The van der Waals surface area contributed by atoms with E-state index >= 15 is 0 Å². The first-order chi connectivity index (χ1) is 16.4. The van der Waals surface area contributed by atoms with Gasteiger partial charge in [-0.2, -0.15) is 4.31 Å². The number of benzene rings is 1. The summed E-state index contributed by atoms with van der Waals surface area (Å²) in [7, 11) is -3.52. The molecule has 3 heterocycles. The monoisotopic (exact) mass is 486 g/mol. The second kappa shape index (κ2) is 11.1. The number of carbonyl (C=O) groups excluding carboxylic acids is 2. The largest absolute Gasteiger partial charge is 0.379 e. The molecule has 2 amide bonds. The molecule has 34 heavy (non-hydrogen) atoms. The van der Waals surface area contributed by atoms with Gasteiger partial charge in [0, 0.05) is 57.6 Å². The molecule has 0 saturated carbocycles. The Balaban J connectivity index is 1.23. The molecule has 0 radical (unpaired) electrons. The van der Waals surface area contributed by atoms with Crippen LogP contribution in [0.4, 0.5) is 0 Å². The summed E-state index contributed by atoms with van der Waals surface area (Å²) in [6, 6.07) is 12.3. The number of amides is 2. The molecule has 2 aliphatic rings. The molecule has 0 atom stereocenters. The molecule has 0 unspecified atom stereocenters. The van der Waals surface area contributed by atoms with Crippen LogP contribution in [-0.2, 0) is 37.2 Å². The minimum atomic E-state index is -3.52. The summed E-state index contributed by atoms with van der Waals surface area (Å²) in [6.07, 6.45) is 2.83. The first-order valence-corrected chi connectivity index (χ1v) is 13.0. The number of rotatable bonds is 7. The van der Waals surface area contributed by atoms with Crippen molar-refractivity contribution in [1.29, 1.82) is 0 Å². The van der Waals surface area contributed by atoms with Gasteiger partial charge in [0.2, 0.25) is 21.8 Å². The number of nitrogens with zero attached hydrogens (tertiary/aromatic N) is 4. The van der Waals surface area contributed by atoms with Gasteiger partial charge in [-0.1, -0.05) is 18.2 Å². The van der Waals surface area contributed by atoms with Crippen molar-refractivity contribution in [2.75, 3.05) is 52.5 Å². The van der Waals surface area contributed by atoms with Crippen LogP contribution in [-0.4, -0.2) is 91.8 Å². The Morgan fingerprint density at radius 1 is 0.853 bits per heavy atom. The molecule has 4 rings (SSSR count). The summed E-state index contributed by atoms with van der Waals surface area (Å²) in [5.74, 6) is 0.0692. The quantitative estimate of drug-likeness (QED) is 0.578. The normalized spacial score (nSPS) is 17.5. The van der Waals surface area contributed by atoms with Crippen LogP contribution in [0.5, 0.6) is 0 Å². The maximum Gasteiger partial charge on any atom is 0.243 e. The van der Waals surface area contributed by atoms with Crippen LogP contribution in [0.2, 0.25) is 0 Å². The predicted octanol–water partition coefficient (Wildman–Crippen LogP) is 0.949. The summed E-state index contributed by atoms with van der Waals surface area (Å²) in [6.45, 7) is 3.61. The molecule has 2 aliphatic heterocycles. The lowest BCUT2D eigenvalue weighted by atomic mass is 10.1. The molecule has 9 nitrogen and oxygen atoms in total. The highest BCUT2D eigenvalue weighted by atomic mass is 32.2. The van der Waals surface area contributed by atoms with E-state index in [0.717, 1.165) is 11.3 Å². The van der Waals surface area contributed by atoms with Crippen LogP contribution < -0.4 is 0 Å². The second-order valence-electron chi connectivity index (χ2n) is 8.42. The number of ether oxygens (including phenoxy) is 1. The van der Waals surface area contributed by atoms with Crippen molar-refractivity contribution in [3.8, 4) is 0 Å². The lowest BCUT2D eigenvalue weighted by Gasteiger charge is -2.35. The number of piperazine rings is 1. The topological polar surface area (TPSA) is 100 Å². The average molecular weight is 487 g/mol. The first kappa shape index (κ1) is 24.3. The SMILES string of the molecule is O=C(CCc1ccc(S(=O)(=O)N2CCOCC2)cc1)N1CCN(C(=O)Cc2ccccn2)CC1. The van der Waals surface area contributed by atoms with Crippen LogP contribution in [0.25, 0.3) is 0 Å². The maximum absolute atomic E-state index is 12.7. The van der Waals surface area contributed by atoms with E-state index in [1.807, 2.05) is 18.2 Å². The zero-order valence-electron chi connectivity index (χ0n) is 19.1. The van der Waals surface area contributed by atoms with Crippen LogP contribution in [0.15, 0.2) is 53.6 Å². The molecule has 182 valence electrons. The maximum atomic E-state index is 12.7. The average Bonchev–Trinajstić information content (AvgIpc) is 2.88. The molecule has 1 aromatic heterocycles. The van der Waals surface area contributed by atoms with Gasteiger partial charge in [0.25, 0.3) is 0 Å². The fourth-order valence-electron chi connectivity index (χ4n) is 4.15. The number of pyridine rings is 1. The summed E-state index contributed by atoms with van der Waals surface area (Å²) < 4.78 is 32.1. The number of aryl methyl sites for hydroxylation is 1. The molecule has 2 aromatic rings. The van der Waals surface area contributed by atoms with Crippen LogP contribution in [0.1, 0.15) is 17.7 Å². The van der Waals surface area contributed by atoms with E-state index in [1.54, 1.807) is 40.3 Å². The smallest absolute Gasteiger partial charge is 0.243 e. The van der Waals surface area contributed by atoms with Crippen molar-refractivity contribution in [2.24, 2.45) is 0 Å². The molecule has 2 saturated heterocycles. The van der Waals surface area contributed by atoms with E-state index in [0.29, 0.717) is 65.3 Å². The van der Waals surface area contributed by atoms with Gasteiger partial charge in [-0.25, -0.2) is 8.42 Å². The van der Waals surface area contributed by atoms with Gasteiger partial charge in [0.05, 0.1) is 24.5 Å². The van der Waals surface area contributed by atoms with E-state index in [-0.39, 0.29) is 23.1 Å². The third kappa shape index (κ3) is 5.99. The van der Waals surface area contributed by atoms with Gasteiger partial charge in [-0.05, 0) is 36.2 Å². The van der Waals surface area contributed by atoms with Crippen molar-refractivity contribution in [2.45, 2.75) is 24.2 Å². The standard InChI is InChI=1S/C24H30N4O5S/c29-23(26-11-13-27(14-12-26)24(30)19-21-3-1-2-10-25-21)9-6-20-4-7-22(8-5-20)34(31,32)28-15-17-33-18-16-28/h1-5,7-8,10H,6,9,11-19H2. The van der Waals surface area contributed by atoms with Gasteiger partial charge in [-0.3, -0.25) is 14.6 Å². The molecular weight excluding hydrogens is 456 g/mol.